The van der Waals surface area contributed by atoms with Gasteiger partial charge in [-0.3, -0.25) is 0 Å². The highest BCUT2D eigenvalue weighted by Crippen LogP contribution is 2.44. The number of rotatable bonds is 5. The monoisotopic (exact) mass is 566 g/mol. The molecule has 0 spiro atoms. The van der Waals surface area contributed by atoms with Gasteiger partial charge in [-0.25, -0.2) is 47.0 Å². The van der Waals surface area contributed by atoms with Crippen molar-refractivity contribution < 1.29 is 9.84 Å². The van der Waals surface area contributed by atoms with Crippen LogP contribution in [-0.4, -0.2) is 39.6 Å². The van der Waals surface area contributed by atoms with Gasteiger partial charge in [0.25, 0.3) is 0 Å². The van der Waals surface area contributed by atoms with E-state index in [-0.39, 0.29) is 24.6 Å². The molecule has 0 radical (unpaired) electrons. The van der Waals surface area contributed by atoms with Crippen LogP contribution in [0.3, 0.4) is 0 Å². The van der Waals surface area contributed by atoms with E-state index in [1.165, 1.54) is 18.7 Å². The zero-order valence-electron chi connectivity index (χ0n) is 22.5. The van der Waals surface area contributed by atoms with E-state index in [0.29, 0.717) is 29.1 Å². The number of allylic oxidation sites excluding steroid dienone is 2. The number of benzene rings is 3. The number of nitrogens with zero attached hydrogens (tertiary/aromatic N) is 6. The fourth-order valence-corrected chi connectivity index (χ4v) is 6.06. The third-order valence-electron chi connectivity index (χ3n) is 7.86. The van der Waals surface area contributed by atoms with Crippen molar-refractivity contribution in [1.29, 1.82) is 0 Å². The van der Waals surface area contributed by atoms with Crippen molar-refractivity contribution in [3.05, 3.63) is 138 Å². The minimum atomic E-state index is -0.967. The maximum Gasteiger partial charge on any atom is 0.352 e. The topological polar surface area (TPSA) is 127 Å². The Labute approximate surface area is 237 Å². The first-order valence-corrected chi connectivity index (χ1v) is 13.6. The number of ether oxygens (including phenoxy) is 1. The largest absolute Gasteiger partial charge is 0.504 e. The molecule has 0 saturated carbocycles. The fraction of sp³-hybridized carbons (Fsp3) is 0.200. The first-order valence-electron chi connectivity index (χ1n) is 13.6. The average Bonchev–Trinajstić information content (AvgIpc) is 3.42. The van der Waals surface area contributed by atoms with Crippen molar-refractivity contribution in [3.8, 4) is 22.9 Å². The molecule has 42 heavy (non-hydrogen) atoms. The van der Waals surface area contributed by atoms with Gasteiger partial charge < -0.3 is 9.84 Å². The van der Waals surface area contributed by atoms with Crippen molar-refractivity contribution in [3.63, 3.8) is 0 Å². The standard InChI is InChI=1S/C30H26N6O6/c1-2-42-24-15-9-14-22(26(24)37)25-21-16-17-31-27(38)33(19-10-5-3-6-11-19)29(40)35(31)23(21)18-32-28(39)34(30(41)36(25)32)20-12-7-4-8-13-20/h3-16,23,25,37H,2,17-18H2,1H3. The molecule has 2 aromatic heterocycles. The number of phenols is 1. The summed E-state index contributed by atoms with van der Waals surface area (Å²) in [4.78, 5) is 55.2. The van der Waals surface area contributed by atoms with Crippen molar-refractivity contribution in [1.82, 2.24) is 27.9 Å². The predicted molar refractivity (Wildman–Crippen MR) is 153 cm³/mol. The maximum absolute atomic E-state index is 14.0. The van der Waals surface area contributed by atoms with E-state index in [2.05, 4.69) is 0 Å². The second-order valence-corrected chi connectivity index (χ2v) is 10.1. The quantitative estimate of drug-likeness (QED) is 0.323. The predicted octanol–water partition coefficient (Wildman–Crippen LogP) is 1.80. The second kappa shape index (κ2) is 9.54. The van der Waals surface area contributed by atoms with Crippen LogP contribution in [0.1, 0.15) is 24.6 Å². The summed E-state index contributed by atoms with van der Waals surface area (Å²) in [7, 11) is 0. The Hall–Kier alpha value is -5.52. The SMILES string of the molecule is CCOc1cccc(C2C3=CCn4c(=O)n(-c5ccccc5)c(=O)n4C3Cn3c(=O)n(-c4ccccc4)c(=O)n32)c1O. The molecule has 12 heteroatoms. The van der Waals surface area contributed by atoms with Gasteiger partial charge >= 0.3 is 22.8 Å². The van der Waals surface area contributed by atoms with Crippen molar-refractivity contribution >= 4 is 0 Å². The molecule has 2 atom stereocenters. The molecule has 0 amide bonds. The average molecular weight is 567 g/mol. The summed E-state index contributed by atoms with van der Waals surface area (Å²) < 4.78 is 13.1. The normalized spacial score (nSPS) is 17.2. The Morgan fingerprint density at radius 1 is 0.738 bits per heavy atom. The minimum absolute atomic E-state index is 0.0561. The Morgan fingerprint density at radius 2 is 1.33 bits per heavy atom. The van der Waals surface area contributed by atoms with Crippen molar-refractivity contribution in [2.75, 3.05) is 6.61 Å². The van der Waals surface area contributed by atoms with Crippen LogP contribution in [0.4, 0.5) is 0 Å². The molecule has 3 aromatic carbocycles. The molecule has 4 heterocycles. The van der Waals surface area contributed by atoms with E-state index in [0.717, 1.165) is 9.13 Å². The molecule has 7 rings (SSSR count). The first kappa shape index (κ1) is 25.4. The van der Waals surface area contributed by atoms with Gasteiger partial charge in [0.05, 0.1) is 37.1 Å². The fourth-order valence-electron chi connectivity index (χ4n) is 6.06. The van der Waals surface area contributed by atoms with Gasteiger partial charge in [0, 0.05) is 5.56 Å². The summed E-state index contributed by atoms with van der Waals surface area (Å²) in [6.07, 6.45) is 1.79. The highest BCUT2D eigenvalue weighted by Gasteiger charge is 2.42. The van der Waals surface area contributed by atoms with E-state index in [1.54, 1.807) is 91.9 Å². The van der Waals surface area contributed by atoms with Crippen LogP contribution in [0.5, 0.6) is 11.5 Å². The number of phenolic OH excluding ortho intramolecular Hbond substituents is 1. The molecule has 1 N–H and O–H groups in total. The van der Waals surface area contributed by atoms with Crippen LogP contribution in [-0.2, 0) is 13.1 Å². The molecule has 5 aromatic rings. The Morgan fingerprint density at radius 3 is 1.95 bits per heavy atom. The van der Waals surface area contributed by atoms with E-state index in [1.807, 2.05) is 0 Å². The molecular weight excluding hydrogens is 540 g/mol. The first-order chi connectivity index (χ1) is 20.4. The molecule has 0 saturated heterocycles. The van der Waals surface area contributed by atoms with Crippen LogP contribution in [0, 0.1) is 0 Å². The van der Waals surface area contributed by atoms with Crippen LogP contribution in [0.2, 0.25) is 0 Å². The zero-order valence-corrected chi connectivity index (χ0v) is 22.5. The van der Waals surface area contributed by atoms with E-state index >= 15 is 0 Å². The van der Waals surface area contributed by atoms with Gasteiger partial charge in [-0.2, -0.15) is 0 Å². The van der Waals surface area contributed by atoms with E-state index in [9.17, 15) is 24.3 Å². The van der Waals surface area contributed by atoms with Crippen LogP contribution in [0.25, 0.3) is 11.4 Å². The van der Waals surface area contributed by atoms with Crippen molar-refractivity contribution in [2.45, 2.75) is 32.1 Å². The number of hydrogen-bond acceptors (Lipinski definition) is 6. The smallest absolute Gasteiger partial charge is 0.352 e. The summed E-state index contributed by atoms with van der Waals surface area (Å²) in [5.74, 6) is 0.0451. The number of aromatic hydroxyl groups is 1. The van der Waals surface area contributed by atoms with Gasteiger partial charge in [-0.05, 0) is 42.8 Å². The number of aromatic nitrogens is 6. The lowest BCUT2D eigenvalue weighted by Crippen LogP contribution is -2.47. The highest BCUT2D eigenvalue weighted by molar-refractivity contribution is 5.50. The van der Waals surface area contributed by atoms with E-state index in [4.69, 9.17) is 4.74 Å². The third-order valence-corrected chi connectivity index (χ3v) is 7.86. The zero-order chi connectivity index (χ0) is 29.1. The summed E-state index contributed by atoms with van der Waals surface area (Å²) in [6.45, 7) is 2.06. The second-order valence-electron chi connectivity index (χ2n) is 10.1. The van der Waals surface area contributed by atoms with Gasteiger partial charge in [0.2, 0.25) is 0 Å². The van der Waals surface area contributed by atoms with Gasteiger partial charge in [0.15, 0.2) is 11.5 Å². The van der Waals surface area contributed by atoms with E-state index < -0.39 is 34.8 Å². The molecule has 2 aliphatic heterocycles. The number of fused-ring (bicyclic) bond motifs is 4. The van der Waals surface area contributed by atoms with Gasteiger partial charge in [0.1, 0.15) is 6.04 Å². The summed E-state index contributed by atoms with van der Waals surface area (Å²) in [5.41, 5.74) is -0.575. The Balaban J connectivity index is 1.51. The third kappa shape index (κ3) is 3.54. The molecule has 2 unspecified atom stereocenters. The molecular formula is C30H26N6O6. The number of para-hydroxylation sites is 3. The molecule has 0 bridgehead atoms. The van der Waals surface area contributed by atoms with Crippen LogP contribution >= 0.6 is 0 Å². The maximum atomic E-state index is 14.0. The lowest BCUT2D eigenvalue weighted by Gasteiger charge is -2.37. The summed E-state index contributed by atoms with van der Waals surface area (Å²) >= 11 is 0. The Kier molecular flexibility index (Phi) is 5.78. The van der Waals surface area contributed by atoms with Gasteiger partial charge in [-0.1, -0.05) is 54.6 Å². The number of hydrogen-bond donors (Lipinski definition) is 1. The van der Waals surface area contributed by atoms with Crippen LogP contribution < -0.4 is 27.5 Å². The molecule has 2 aliphatic rings. The molecule has 0 aliphatic carbocycles. The van der Waals surface area contributed by atoms with Crippen molar-refractivity contribution in [2.24, 2.45) is 0 Å². The lowest BCUT2D eigenvalue weighted by molar-refractivity contribution is 0.242. The highest BCUT2D eigenvalue weighted by atomic mass is 16.5. The lowest BCUT2D eigenvalue weighted by atomic mass is 9.89. The molecule has 0 fully saturated rings. The summed E-state index contributed by atoms with van der Waals surface area (Å²) in [5, 5.41) is 11.3. The van der Waals surface area contributed by atoms with Gasteiger partial charge in [-0.15, -0.1) is 0 Å². The Bertz CT molecular complexity index is 2110. The van der Waals surface area contributed by atoms with Crippen LogP contribution in [0.15, 0.2) is 110 Å². The summed E-state index contributed by atoms with van der Waals surface area (Å²) in [6, 6.07) is 20.4. The molecule has 12 nitrogen and oxygen atoms in total. The molecule has 212 valence electrons. The minimum Gasteiger partial charge on any atom is -0.504 e.